The second-order valence-electron chi connectivity index (χ2n) is 4.50. The molecule has 0 aromatic carbocycles. The van der Waals surface area contributed by atoms with Crippen molar-refractivity contribution < 1.29 is 8.42 Å². The van der Waals surface area contributed by atoms with Crippen molar-refractivity contribution in [1.29, 1.82) is 0 Å². The summed E-state index contributed by atoms with van der Waals surface area (Å²) in [5.74, 6) is 0.938. The standard InChI is InChI=1S/C11H24ClNO2S/c1-11(2)7-5-3-4-6-9-13-16(14,15)10-8-12/h11,13H,3-10H2,1-2H3. The van der Waals surface area contributed by atoms with Crippen molar-refractivity contribution in [3.63, 3.8) is 0 Å². The Morgan fingerprint density at radius 2 is 1.75 bits per heavy atom. The molecule has 16 heavy (non-hydrogen) atoms. The molecule has 5 heteroatoms. The van der Waals surface area contributed by atoms with Crippen LogP contribution in [0.5, 0.6) is 0 Å². The monoisotopic (exact) mass is 269 g/mol. The molecule has 0 aromatic heterocycles. The molecule has 0 spiro atoms. The van der Waals surface area contributed by atoms with Crippen LogP contribution in [0.2, 0.25) is 0 Å². The lowest BCUT2D eigenvalue weighted by molar-refractivity contribution is 0.517. The molecule has 0 atom stereocenters. The predicted molar refractivity (Wildman–Crippen MR) is 70.4 cm³/mol. The Bertz CT molecular complexity index is 253. The lowest BCUT2D eigenvalue weighted by Crippen LogP contribution is -2.27. The molecule has 0 aliphatic rings. The first-order chi connectivity index (χ1) is 7.48. The van der Waals surface area contributed by atoms with Crippen LogP contribution in [0.25, 0.3) is 0 Å². The Hall–Kier alpha value is 0.200. The Kier molecular flexibility index (Phi) is 9.37. The van der Waals surface area contributed by atoms with Crippen LogP contribution < -0.4 is 4.72 Å². The van der Waals surface area contributed by atoms with E-state index >= 15 is 0 Å². The quantitative estimate of drug-likeness (QED) is 0.490. The lowest BCUT2D eigenvalue weighted by atomic mass is 10.0. The van der Waals surface area contributed by atoms with Gasteiger partial charge in [0.2, 0.25) is 10.0 Å². The fourth-order valence-electron chi connectivity index (χ4n) is 1.43. The molecular weight excluding hydrogens is 246 g/mol. The first kappa shape index (κ1) is 16.2. The van der Waals surface area contributed by atoms with Crippen molar-refractivity contribution in [2.45, 2.75) is 46.0 Å². The highest BCUT2D eigenvalue weighted by Crippen LogP contribution is 2.08. The summed E-state index contributed by atoms with van der Waals surface area (Å²) in [6.45, 7) is 4.99. The third-order valence-electron chi connectivity index (χ3n) is 2.38. The lowest BCUT2D eigenvalue weighted by Gasteiger charge is -2.06. The Labute approximate surface area is 105 Å². The van der Waals surface area contributed by atoms with Gasteiger partial charge in [-0.15, -0.1) is 11.6 Å². The van der Waals surface area contributed by atoms with E-state index in [0.29, 0.717) is 6.54 Å². The zero-order valence-electron chi connectivity index (χ0n) is 10.3. The molecule has 1 N–H and O–H groups in total. The van der Waals surface area contributed by atoms with E-state index in [1.165, 1.54) is 19.3 Å². The van der Waals surface area contributed by atoms with E-state index < -0.39 is 10.0 Å². The zero-order chi connectivity index (χ0) is 12.4. The number of hydrogen-bond acceptors (Lipinski definition) is 2. The number of nitrogens with one attached hydrogen (secondary N) is 1. The van der Waals surface area contributed by atoms with Gasteiger partial charge in [-0.1, -0.05) is 39.5 Å². The van der Waals surface area contributed by atoms with Crippen molar-refractivity contribution in [2.75, 3.05) is 18.2 Å². The number of hydrogen-bond donors (Lipinski definition) is 1. The van der Waals surface area contributed by atoms with E-state index in [2.05, 4.69) is 18.6 Å². The maximum atomic E-state index is 11.2. The van der Waals surface area contributed by atoms with Crippen LogP contribution in [0.15, 0.2) is 0 Å². The molecule has 0 amide bonds. The van der Waals surface area contributed by atoms with Crippen LogP contribution in [0.3, 0.4) is 0 Å². The fraction of sp³-hybridized carbons (Fsp3) is 1.00. The summed E-state index contributed by atoms with van der Waals surface area (Å²) < 4.78 is 25.0. The first-order valence-electron chi connectivity index (χ1n) is 6.01. The average Bonchev–Trinajstić information content (AvgIpc) is 2.15. The highest BCUT2D eigenvalue weighted by Gasteiger charge is 2.07. The van der Waals surface area contributed by atoms with Gasteiger partial charge in [-0.25, -0.2) is 13.1 Å². The summed E-state index contributed by atoms with van der Waals surface area (Å²) in [6.07, 6.45) is 5.70. The Morgan fingerprint density at radius 1 is 1.12 bits per heavy atom. The number of sulfonamides is 1. The van der Waals surface area contributed by atoms with E-state index in [1.54, 1.807) is 0 Å². The number of rotatable bonds is 10. The molecule has 98 valence electrons. The molecule has 0 aliphatic heterocycles. The normalized spacial score (nSPS) is 12.2. The summed E-state index contributed by atoms with van der Waals surface area (Å²) in [4.78, 5) is 0. The van der Waals surface area contributed by atoms with E-state index in [9.17, 15) is 8.42 Å². The maximum Gasteiger partial charge on any atom is 0.212 e. The molecule has 0 fully saturated rings. The highest BCUT2D eigenvalue weighted by molar-refractivity contribution is 7.89. The maximum absolute atomic E-state index is 11.2. The minimum Gasteiger partial charge on any atom is -0.215 e. The van der Waals surface area contributed by atoms with Crippen LogP contribution >= 0.6 is 11.6 Å². The molecule has 0 bridgehead atoms. The van der Waals surface area contributed by atoms with E-state index in [-0.39, 0.29) is 11.6 Å². The van der Waals surface area contributed by atoms with Gasteiger partial charge >= 0.3 is 0 Å². The van der Waals surface area contributed by atoms with Gasteiger partial charge in [-0.3, -0.25) is 0 Å². The van der Waals surface area contributed by atoms with Crippen LogP contribution in [-0.4, -0.2) is 26.6 Å². The largest absolute Gasteiger partial charge is 0.215 e. The van der Waals surface area contributed by atoms with Crippen molar-refractivity contribution in [3.8, 4) is 0 Å². The van der Waals surface area contributed by atoms with Gasteiger partial charge in [0.25, 0.3) is 0 Å². The summed E-state index contributed by atoms with van der Waals surface area (Å²) in [7, 11) is -3.12. The molecule has 0 aromatic rings. The van der Waals surface area contributed by atoms with Gasteiger partial charge in [-0.05, 0) is 12.3 Å². The molecule has 0 heterocycles. The molecule has 0 rings (SSSR count). The van der Waals surface area contributed by atoms with E-state index in [4.69, 9.17) is 11.6 Å². The highest BCUT2D eigenvalue weighted by atomic mass is 35.5. The second-order valence-corrected chi connectivity index (χ2v) is 6.80. The van der Waals surface area contributed by atoms with Gasteiger partial charge in [0.05, 0.1) is 5.75 Å². The zero-order valence-corrected chi connectivity index (χ0v) is 11.9. The van der Waals surface area contributed by atoms with Crippen LogP contribution in [-0.2, 0) is 10.0 Å². The summed E-state index contributed by atoms with van der Waals surface area (Å²) in [5.41, 5.74) is 0. The summed E-state index contributed by atoms with van der Waals surface area (Å²) in [5, 5.41) is 0. The summed E-state index contributed by atoms with van der Waals surface area (Å²) in [6, 6.07) is 0. The van der Waals surface area contributed by atoms with Gasteiger partial charge in [0.1, 0.15) is 0 Å². The van der Waals surface area contributed by atoms with Gasteiger partial charge in [0, 0.05) is 12.4 Å². The third-order valence-corrected chi connectivity index (χ3v) is 4.17. The SMILES string of the molecule is CC(C)CCCCCCNS(=O)(=O)CCCl. The third kappa shape index (κ3) is 10.7. The molecule has 0 aliphatic carbocycles. The molecular formula is C11H24ClNO2S. The Balaban J connectivity index is 3.33. The van der Waals surface area contributed by atoms with Gasteiger partial charge in [0.15, 0.2) is 0 Å². The minimum absolute atomic E-state index is 0.0158. The summed E-state index contributed by atoms with van der Waals surface area (Å²) >= 11 is 5.38. The minimum atomic E-state index is -3.12. The number of halogens is 1. The van der Waals surface area contributed by atoms with Crippen molar-refractivity contribution in [2.24, 2.45) is 5.92 Å². The van der Waals surface area contributed by atoms with Gasteiger partial charge in [-0.2, -0.15) is 0 Å². The van der Waals surface area contributed by atoms with Crippen LogP contribution in [0.4, 0.5) is 0 Å². The molecule has 0 saturated carbocycles. The topological polar surface area (TPSA) is 46.2 Å². The number of alkyl halides is 1. The molecule has 0 saturated heterocycles. The molecule has 0 radical (unpaired) electrons. The molecule has 0 unspecified atom stereocenters. The number of unbranched alkanes of at least 4 members (excludes halogenated alkanes) is 3. The van der Waals surface area contributed by atoms with Crippen LogP contribution in [0.1, 0.15) is 46.0 Å². The van der Waals surface area contributed by atoms with E-state index in [1.807, 2.05) is 0 Å². The fourth-order valence-corrected chi connectivity index (χ4v) is 2.84. The van der Waals surface area contributed by atoms with E-state index in [0.717, 1.165) is 18.8 Å². The van der Waals surface area contributed by atoms with Crippen molar-refractivity contribution in [3.05, 3.63) is 0 Å². The smallest absolute Gasteiger partial charge is 0.212 e. The second kappa shape index (κ2) is 9.25. The van der Waals surface area contributed by atoms with Crippen molar-refractivity contribution in [1.82, 2.24) is 4.72 Å². The predicted octanol–water partition coefficient (Wildman–Crippen LogP) is 2.75. The van der Waals surface area contributed by atoms with Gasteiger partial charge < -0.3 is 0 Å². The van der Waals surface area contributed by atoms with Crippen LogP contribution in [0, 0.1) is 5.92 Å². The molecule has 3 nitrogen and oxygen atoms in total. The Morgan fingerprint density at radius 3 is 2.31 bits per heavy atom. The van der Waals surface area contributed by atoms with Crippen molar-refractivity contribution >= 4 is 21.6 Å². The average molecular weight is 270 g/mol. The first-order valence-corrected chi connectivity index (χ1v) is 8.20.